The molecule has 0 saturated heterocycles. The lowest BCUT2D eigenvalue weighted by atomic mass is 10.1. The fourth-order valence-corrected chi connectivity index (χ4v) is 1.67. The maximum absolute atomic E-state index is 6.06. The van der Waals surface area contributed by atoms with Crippen LogP contribution in [0.5, 0.6) is 0 Å². The van der Waals surface area contributed by atoms with Gasteiger partial charge in [-0.1, -0.05) is 26.0 Å². The number of hydrogen-bond acceptors (Lipinski definition) is 2. The first-order valence-corrected chi connectivity index (χ1v) is 5.30. The van der Waals surface area contributed by atoms with Gasteiger partial charge in [0.2, 0.25) is 0 Å². The molecule has 0 fully saturated rings. The number of nitrogens with one attached hydrogen (secondary N) is 1. The quantitative estimate of drug-likeness (QED) is 0.788. The minimum absolute atomic E-state index is 0.0169. The Balaban J connectivity index is 2.52. The lowest BCUT2D eigenvalue weighted by Gasteiger charge is -2.11. The Morgan fingerprint density at radius 3 is 2.67 bits per heavy atom. The van der Waals surface area contributed by atoms with Crippen molar-refractivity contribution in [1.82, 2.24) is 9.97 Å². The van der Waals surface area contributed by atoms with E-state index in [4.69, 9.17) is 5.73 Å². The van der Waals surface area contributed by atoms with Crippen LogP contribution in [0.15, 0.2) is 18.2 Å². The number of fused-ring (bicyclic) bond motifs is 1. The summed E-state index contributed by atoms with van der Waals surface area (Å²) in [7, 11) is 0. The number of rotatable bonds is 2. The molecule has 1 atom stereocenters. The number of nitrogens with zero attached hydrogens (tertiary/aromatic N) is 1. The Hall–Kier alpha value is -1.35. The van der Waals surface area contributed by atoms with Crippen LogP contribution >= 0.6 is 0 Å². The van der Waals surface area contributed by atoms with Crippen LogP contribution < -0.4 is 5.73 Å². The molecule has 1 aromatic heterocycles. The molecule has 80 valence electrons. The summed E-state index contributed by atoms with van der Waals surface area (Å²) in [6, 6.07) is 6.11. The average Bonchev–Trinajstić information content (AvgIpc) is 2.61. The highest BCUT2D eigenvalue weighted by Gasteiger charge is 2.15. The average molecular weight is 203 g/mol. The Bertz CT molecular complexity index is 471. The van der Waals surface area contributed by atoms with Crippen molar-refractivity contribution in [3.8, 4) is 0 Å². The van der Waals surface area contributed by atoms with E-state index in [1.807, 2.05) is 12.1 Å². The van der Waals surface area contributed by atoms with Crippen molar-refractivity contribution < 1.29 is 0 Å². The minimum Gasteiger partial charge on any atom is -0.341 e. The van der Waals surface area contributed by atoms with Gasteiger partial charge < -0.3 is 10.7 Å². The van der Waals surface area contributed by atoms with E-state index in [1.165, 1.54) is 5.56 Å². The second kappa shape index (κ2) is 3.66. The van der Waals surface area contributed by atoms with Crippen LogP contribution in [-0.4, -0.2) is 9.97 Å². The molecule has 0 radical (unpaired) electrons. The van der Waals surface area contributed by atoms with Crippen molar-refractivity contribution in [1.29, 1.82) is 0 Å². The highest BCUT2D eigenvalue weighted by atomic mass is 15.0. The number of aromatic nitrogens is 2. The van der Waals surface area contributed by atoms with E-state index in [0.717, 1.165) is 16.9 Å². The van der Waals surface area contributed by atoms with Gasteiger partial charge in [0.15, 0.2) is 0 Å². The van der Waals surface area contributed by atoms with E-state index >= 15 is 0 Å². The lowest BCUT2D eigenvalue weighted by molar-refractivity contribution is 0.495. The topological polar surface area (TPSA) is 54.7 Å². The second-order valence-electron chi connectivity index (χ2n) is 4.36. The number of para-hydroxylation sites is 1. The molecule has 3 nitrogen and oxygen atoms in total. The van der Waals surface area contributed by atoms with Gasteiger partial charge in [-0.25, -0.2) is 4.98 Å². The zero-order valence-corrected chi connectivity index (χ0v) is 9.41. The van der Waals surface area contributed by atoms with Gasteiger partial charge in [-0.15, -0.1) is 0 Å². The van der Waals surface area contributed by atoms with Crippen LogP contribution in [-0.2, 0) is 0 Å². The third-order valence-electron chi connectivity index (χ3n) is 2.77. The van der Waals surface area contributed by atoms with Crippen molar-refractivity contribution in [2.75, 3.05) is 0 Å². The van der Waals surface area contributed by atoms with Crippen LogP contribution in [0, 0.1) is 12.8 Å². The molecule has 3 N–H and O–H groups in total. The molecule has 0 aliphatic rings. The molecule has 0 amide bonds. The molecule has 0 saturated carbocycles. The summed E-state index contributed by atoms with van der Waals surface area (Å²) < 4.78 is 0. The largest absolute Gasteiger partial charge is 0.341 e. The number of imidazole rings is 1. The van der Waals surface area contributed by atoms with Crippen molar-refractivity contribution in [2.45, 2.75) is 26.8 Å². The zero-order chi connectivity index (χ0) is 11.0. The first kappa shape index (κ1) is 10.2. The van der Waals surface area contributed by atoms with Crippen LogP contribution in [0.3, 0.4) is 0 Å². The summed E-state index contributed by atoms with van der Waals surface area (Å²) in [5, 5.41) is 0. The fraction of sp³-hybridized carbons (Fsp3) is 0.417. The molecule has 1 heterocycles. The van der Waals surface area contributed by atoms with Crippen LogP contribution in [0.1, 0.15) is 31.3 Å². The highest BCUT2D eigenvalue weighted by Crippen LogP contribution is 2.21. The molecule has 3 heteroatoms. The molecule has 0 spiro atoms. The Labute approximate surface area is 89.7 Å². The van der Waals surface area contributed by atoms with Crippen LogP contribution in [0.25, 0.3) is 11.0 Å². The molecular weight excluding hydrogens is 186 g/mol. The van der Waals surface area contributed by atoms with E-state index in [-0.39, 0.29) is 6.04 Å². The van der Waals surface area contributed by atoms with E-state index in [2.05, 4.69) is 36.8 Å². The third kappa shape index (κ3) is 1.75. The number of hydrogen-bond donors (Lipinski definition) is 2. The molecule has 0 aliphatic heterocycles. The van der Waals surface area contributed by atoms with E-state index in [1.54, 1.807) is 0 Å². The summed E-state index contributed by atoms with van der Waals surface area (Å²) in [6.07, 6.45) is 0. The first-order chi connectivity index (χ1) is 7.09. The summed E-state index contributed by atoms with van der Waals surface area (Å²) in [4.78, 5) is 7.83. The van der Waals surface area contributed by atoms with Crippen molar-refractivity contribution >= 4 is 11.0 Å². The second-order valence-corrected chi connectivity index (χ2v) is 4.36. The first-order valence-electron chi connectivity index (χ1n) is 5.30. The molecule has 1 aromatic carbocycles. The van der Waals surface area contributed by atoms with Crippen molar-refractivity contribution in [2.24, 2.45) is 11.7 Å². The number of aromatic amines is 1. The monoisotopic (exact) mass is 203 g/mol. The van der Waals surface area contributed by atoms with Crippen LogP contribution in [0.2, 0.25) is 0 Å². The van der Waals surface area contributed by atoms with Crippen LogP contribution in [0.4, 0.5) is 0 Å². The predicted octanol–water partition coefficient (Wildman–Crippen LogP) is 2.53. The van der Waals surface area contributed by atoms with Crippen molar-refractivity contribution in [3.63, 3.8) is 0 Å². The molecule has 0 aliphatic carbocycles. The van der Waals surface area contributed by atoms with Gasteiger partial charge in [-0.05, 0) is 24.5 Å². The summed E-state index contributed by atoms with van der Waals surface area (Å²) in [6.45, 7) is 6.27. The smallest absolute Gasteiger partial charge is 0.124 e. The number of benzene rings is 1. The summed E-state index contributed by atoms with van der Waals surface area (Å²) in [5.41, 5.74) is 9.35. The van der Waals surface area contributed by atoms with Gasteiger partial charge >= 0.3 is 0 Å². The summed E-state index contributed by atoms with van der Waals surface area (Å²) in [5.74, 6) is 1.28. The maximum atomic E-state index is 6.06. The molecular formula is C12H17N3. The van der Waals surface area contributed by atoms with Gasteiger partial charge in [0.1, 0.15) is 5.82 Å². The number of H-pyrrole nitrogens is 1. The van der Waals surface area contributed by atoms with Gasteiger partial charge in [-0.3, -0.25) is 0 Å². The third-order valence-corrected chi connectivity index (χ3v) is 2.77. The number of nitrogens with two attached hydrogens (primary N) is 1. The maximum Gasteiger partial charge on any atom is 0.124 e. The van der Waals surface area contributed by atoms with Gasteiger partial charge in [0.25, 0.3) is 0 Å². The predicted molar refractivity (Wildman–Crippen MR) is 62.6 cm³/mol. The molecule has 15 heavy (non-hydrogen) atoms. The fourth-order valence-electron chi connectivity index (χ4n) is 1.67. The van der Waals surface area contributed by atoms with E-state index in [0.29, 0.717) is 5.92 Å². The SMILES string of the molecule is Cc1cccc2[nH]c([C@@H](N)C(C)C)nc12. The van der Waals surface area contributed by atoms with Gasteiger partial charge in [0.05, 0.1) is 17.1 Å². The van der Waals surface area contributed by atoms with Gasteiger partial charge in [-0.2, -0.15) is 0 Å². The Morgan fingerprint density at radius 1 is 1.33 bits per heavy atom. The number of aryl methyl sites for hydroxylation is 1. The zero-order valence-electron chi connectivity index (χ0n) is 9.41. The minimum atomic E-state index is -0.0169. The molecule has 2 rings (SSSR count). The van der Waals surface area contributed by atoms with Crippen molar-refractivity contribution in [3.05, 3.63) is 29.6 Å². The Kier molecular flexibility index (Phi) is 2.49. The van der Waals surface area contributed by atoms with Gasteiger partial charge in [0, 0.05) is 0 Å². The molecule has 2 aromatic rings. The highest BCUT2D eigenvalue weighted by molar-refractivity contribution is 5.78. The lowest BCUT2D eigenvalue weighted by Crippen LogP contribution is -2.18. The Morgan fingerprint density at radius 2 is 2.07 bits per heavy atom. The van der Waals surface area contributed by atoms with E-state index < -0.39 is 0 Å². The summed E-state index contributed by atoms with van der Waals surface area (Å²) >= 11 is 0. The molecule has 0 bridgehead atoms. The standard InChI is InChI=1S/C12H17N3/c1-7(2)10(13)12-14-9-6-4-5-8(3)11(9)15-12/h4-7,10H,13H2,1-3H3,(H,14,15)/t10-/m0/s1. The molecule has 0 unspecified atom stereocenters. The normalized spacial score (nSPS) is 13.7. The van der Waals surface area contributed by atoms with E-state index in [9.17, 15) is 0 Å².